The molecule has 0 fully saturated rings. The standard InChI is InChI=1S/C19H21N3O2/c1-15(23)22-18-11-5-9-17(13-18)14-21-19(24)20-12-6-10-16-7-3-2-4-8-16/h2-11,13H,12,14H2,1H3,(H,22,23)(H2,20,21,24)/b10-6-. The van der Waals surface area contributed by atoms with Crippen molar-refractivity contribution in [1.82, 2.24) is 10.6 Å². The Hall–Kier alpha value is -3.08. The van der Waals surface area contributed by atoms with Gasteiger partial charge >= 0.3 is 6.03 Å². The summed E-state index contributed by atoms with van der Waals surface area (Å²) in [7, 11) is 0. The van der Waals surface area contributed by atoms with Crippen molar-refractivity contribution >= 4 is 23.7 Å². The van der Waals surface area contributed by atoms with E-state index < -0.39 is 0 Å². The zero-order valence-corrected chi connectivity index (χ0v) is 13.6. The normalized spacial score (nSPS) is 10.4. The maximum atomic E-state index is 11.8. The summed E-state index contributed by atoms with van der Waals surface area (Å²) in [4.78, 5) is 22.8. The van der Waals surface area contributed by atoms with Crippen LogP contribution in [0.2, 0.25) is 0 Å². The highest BCUT2D eigenvalue weighted by atomic mass is 16.2. The van der Waals surface area contributed by atoms with Crippen LogP contribution in [0, 0.1) is 0 Å². The van der Waals surface area contributed by atoms with Gasteiger partial charge < -0.3 is 16.0 Å². The lowest BCUT2D eigenvalue weighted by Gasteiger charge is -2.08. The third-order valence-corrected chi connectivity index (χ3v) is 3.19. The van der Waals surface area contributed by atoms with Gasteiger partial charge in [0.2, 0.25) is 5.91 Å². The van der Waals surface area contributed by atoms with Crippen molar-refractivity contribution in [3.05, 3.63) is 71.8 Å². The van der Waals surface area contributed by atoms with Crippen LogP contribution >= 0.6 is 0 Å². The van der Waals surface area contributed by atoms with Gasteiger partial charge in [-0.3, -0.25) is 4.79 Å². The molecule has 2 aromatic rings. The summed E-state index contributed by atoms with van der Waals surface area (Å²) in [6.07, 6.45) is 3.85. The van der Waals surface area contributed by atoms with E-state index in [0.29, 0.717) is 18.8 Å². The lowest BCUT2D eigenvalue weighted by molar-refractivity contribution is -0.114. The number of carbonyl (C=O) groups excluding carboxylic acids is 2. The van der Waals surface area contributed by atoms with Crippen LogP contribution in [0.4, 0.5) is 10.5 Å². The molecule has 3 amide bonds. The Balaban J connectivity index is 1.73. The van der Waals surface area contributed by atoms with E-state index in [9.17, 15) is 9.59 Å². The Morgan fingerprint density at radius 1 is 1.00 bits per heavy atom. The van der Waals surface area contributed by atoms with Crippen LogP contribution in [0.1, 0.15) is 18.1 Å². The van der Waals surface area contributed by atoms with E-state index >= 15 is 0 Å². The lowest BCUT2D eigenvalue weighted by Crippen LogP contribution is -2.35. The summed E-state index contributed by atoms with van der Waals surface area (Å²) >= 11 is 0. The maximum Gasteiger partial charge on any atom is 0.315 e. The van der Waals surface area contributed by atoms with Crippen molar-refractivity contribution in [1.29, 1.82) is 0 Å². The number of rotatable bonds is 6. The molecule has 24 heavy (non-hydrogen) atoms. The number of hydrogen-bond acceptors (Lipinski definition) is 2. The zero-order valence-electron chi connectivity index (χ0n) is 13.6. The Morgan fingerprint density at radius 2 is 1.79 bits per heavy atom. The van der Waals surface area contributed by atoms with Crippen molar-refractivity contribution < 1.29 is 9.59 Å². The monoisotopic (exact) mass is 323 g/mol. The zero-order chi connectivity index (χ0) is 17.2. The summed E-state index contributed by atoms with van der Waals surface area (Å²) in [6.45, 7) is 2.30. The number of hydrogen-bond donors (Lipinski definition) is 3. The van der Waals surface area contributed by atoms with Gasteiger partial charge in [-0.25, -0.2) is 4.79 Å². The average molecular weight is 323 g/mol. The third-order valence-electron chi connectivity index (χ3n) is 3.19. The first-order valence-corrected chi connectivity index (χ1v) is 7.73. The molecule has 0 spiro atoms. The molecule has 3 N–H and O–H groups in total. The van der Waals surface area contributed by atoms with Crippen LogP contribution in [0.15, 0.2) is 60.7 Å². The first-order chi connectivity index (χ1) is 11.6. The summed E-state index contributed by atoms with van der Waals surface area (Å²) in [5, 5.41) is 8.26. The van der Waals surface area contributed by atoms with Gasteiger partial charge in [-0.1, -0.05) is 54.6 Å². The van der Waals surface area contributed by atoms with Crippen LogP contribution in [0.25, 0.3) is 6.08 Å². The number of amides is 3. The Labute approximate surface area is 141 Å². The summed E-state index contributed by atoms with van der Waals surface area (Å²) < 4.78 is 0. The minimum atomic E-state index is -0.238. The molecule has 124 valence electrons. The number of urea groups is 1. The molecule has 2 aromatic carbocycles. The van der Waals surface area contributed by atoms with Gasteiger partial charge in [-0.15, -0.1) is 0 Å². The molecule has 5 nitrogen and oxygen atoms in total. The summed E-state index contributed by atoms with van der Waals surface area (Å²) in [5.74, 6) is -0.122. The lowest BCUT2D eigenvalue weighted by atomic mass is 10.2. The molecule has 0 unspecified atom stereocenters. The van der Waals surface area contributed by atoms with Crippen molar-refractivity contribution in [2.45, 2.75) is 13.5 Å². The fourth-order valence-corrected chi connectivity index (χ4v) is 2.12. The highest BCUT2D eigenvalue weighted by molar-refractivity contribution is 5.88. The molecule has 0 saturated carbocycles. The highest BCUT2D eigenvalue weighted by Crippen LogP contribution is 2.10. The van der Waals surface area contributed by atoms with Crippen LogP contribution in [0.3, 0.4) is 0 Å². The first kappa shape index (κ1) is 17.3. The smallest absolute Gasteiger partial charge is 0.315 e. The van der Waals surface area contributed by atoms with Gasteiger partial charge in [-0.05, 0) is 23.3 Å². The molecular formula is C19H21N3O2. The van der Waals surface area contributed by atoms with Crippen molar-refractivity contribution in [3.8, 4) is 0 Å². The number of carbonyl (C=O) groups is 2. The molecule has 0 saturated heterocycles. The SMILES string of the molecule is CC(=O)Nc1cccc(CNC(=O)NC/C=C\c2ccccc2)c1. The quantitative estimate of drug-likeness (QED) is 0.764. The predicted molar refractivity (Wildman–Crippen MR) is 96.5 cm³/mol. The number of benzene rings is 2. The Morgan fingerprint density at radius 3 is 2.54 bits per heavy atom. The second-order valence-corrected chi connectivity index (χ2v) is 5.26. The molecule has 0 radical (unpaired) electrons. The molecule has 0 atom stereocenters. The molecule has 0 aromatic heterocycles. The second-order valence-electron chi connectivity index (χ2n) is 5.26. The van der Waals surface area contributed by atoms with E-state index in [1.165, 1.54) is 6.92 Å². The molecule has 0 heterocycles. The van der Waals surface area contributed by atoms with Crippen LogP contribution in [-0.2, 0) is 11.3 Å². The van der Waals surface area contributed by atoms with Crippen LogP contribution < -0.4 is 16.0 Å². The molecule has 0 aliphatic rings. The van der Waals surface area contributed by atoms with Crippen molar-refractivity contribution in [2.75, 3.05) is 11.9 Å². The van der Waals surface area contributed by atoms with E-state index in [4.69, 9.17) is 0 Å². The van der Waals surface area contributed by atoms with Gasteiger partial charge in [0.25, 0.3) is 0 Å². The highest BCUT2D eigenvalue weighted by Gasteiger charge is 2.01. The van der Waals surface area contributed by atoms with Gasteiger partial charge in [0.1, 0.15) is 0 Å². The Kier molecular flexibility index (Phi) is 6.58. The summed E-state index contributed by atoms with van der Waals surface area (Å²) in [5.41, 5.74) is 2.72. The average Bonchev–Trinajstić information content (AvgIpc) is 2.58. The largest absolute Gasteiger partial charge is 0.335 e. The van der Waals surface area contributed by atoms with Gasteiger partial charge in [-0.2, -0.15) is 0 Å². The van der Waals surface area contributed by atoms with Gasteiger partial charge in [0, 0.05) is 25.7 Å². The topological polar surface area (TPSA) is 70.2 Å². The van der Waals surface area contributed by atoms with Gasteiger partial charge in [0.15, 0.2) is 0 Å². The van der Waals surface area contributed by atoms with Crippen molar-refractivity contribution in [2.24, 2.45) is 0 Å². The first-order valence-electron chi connectivity index (χ1n) is 7.73. The molecule has 2 rings (SSSR count). The number of anilines is 1. The minimum absolute atomic E-state index is 0.122. The van der Waals surface area contributed by atoms with E-state index in [0.717, 1.165) is 11.1 Å². The Bertz CT molecular complexity index is 712. The number of nitrogens with one attached hydrogen (secondary N) is 3. The third kappa shape index (κ3) is 6.36. The van der Waals surface area contributed by atoms with E-state index in [1.54, 1.807) is 6.07 Å². The predicted octanol–water partition coefficient (Wildman–Crippen LogP) is 3.16. The van der Waals surface area contributed by atoms with Crippen molar-refractivity contribution in [3.63, 3.8) is 0 Å². The van der Waals surface area contributed by atoms with E-state index in [-0.39, 0.29) is 11.9 Å². The molecule has 0 bridgehead atoms. The molecule has 0 aliphatic carbocycles. The second kappa shape index (κ2) is 9.15. The van der Waals surface area contributed by atoms with Crippen LogP contribution in [-0.4, -0.2) is 18.5 Å². The molecule has 5 heteroatoms. The maximum absolute atomic E-state index is 11.8. The molecular weight excluding hydrogens is 302 g/mol. The van der Waals surface area contributed by atoms with E-state index in [1.807, 2.05) is 60.7 Å². The van der Waals surface area contributed by atoms with Crippen LogP contribution in [0.5, 0.6) is 0 Å². The molecule has 0 aliphatic heterocycles. The fourth-order valence-electron chi connectivity index (χ4n) is 2.12. The van der Waals surface area contributed by atoms with E-state index in [2.05, 4.69) is 16.0 Å². The van der Waals surface area contributed by atoms with Gasteiger partial charge in [0.05, 0.1) is 0 Å². The summed E-state index contributed by atoms with van der Waals surface area (Å²) in [6, 6.07) is 17.0. The fraction of sp³-hybridized carbons (Fsp3) is 0.158. The minimum Gasteiger partial charge on any atom is -0.335 e.